The summed E-state index contributed by atoms with van der Waals surface area (Å²) in [6.45, 7) is 5.48. The molecule has 1 amide bonds. The molecule has 3 rings (SSSR count). The highest BCUT2D eigenvalue weighted by Gasteiger charge is 2.22. The minimum absolute atomic E-state index is 0.0652. The number of ether oxygens (including phenoxy) is 2. The number of hydrogen-bond donors (Lipinski definition) is 2. The van der Waals surface area contributed by atoms with Gasteiger partial charge in [0.2, 0.25) is 15.9 Å². The zero-order valence-corrected chi connectivity index (χ0v) is 17.9. The van der Waals surface area contributed by atoms with Gasteiger partial charge in [-0.1, -0.05) is 12.1 Å². The van der Waals surface area contributed by atoms with Crippen molar-refractivity contribution < 1.29 is 22.7 Å². The normalized spacial score (nSPS) is 16.1. The summed E-state index contributed by atoms with van der Waals surface area (Å²) in [6, 6.07) is 12.6. The number of anilines is 1. The minimum atomic E-state index is -3.83. The van der Waals surface area contributed by atoms with Crippen molar-refractivity contribution in [2.24, 2.45) is 0 Å². The molecule has 1 aliphatic heterocycles. The lowest BCUT2D eigenvalue weighted by Crippen LogP contribution is -2.41. The zero-order chi connectivity index (χ0) is 21.6. The summed E-state index contributed by atoms with van der Waals surface area (Å²) in [5, 5.41) is 2.78. The average molecular weight is 434 g/mol. The van der Waals surface area contributed by atoms with Crippen molar-refractivity contribution in [2.75, 3.05) is 38.7 Å². The highest BCUT2D eigenvalue weighted by Crippen LogP contribution is 2.17. The molecule has 0 radical (unpaired) electrons. The van der Waals surface area contributed by atoms with Gasteiger partial charge in [0.15, 0.2) is 0 Å². The van der Waals surface area contributed by atoms with Gasteiger partial charge in [0.1, 0.15) is 5.75 Å². The summed E-state index contributed by atoms with van der Waals surface area (Å²) in [5.41, 5.74) is 1.70. The third kappa shape index (κ3) is 6.02. The minimum Gasteiger partial charge on any atom is -0.497 e. The molecule has 162 valence electrons. The first-order valence-electron chi connectivity index (χ1n) is 9.74. The molecule has 30 heavy (non-hydrogen) atoms. The summed E-state index contributed by atoms with van der Waals surface area (Å²) in [7, 11) is -2.33. The molecule has 2 N–H and O–H groups in total. The Morgan fingerprint density at radius 1 is 1.17 bits per heavy atom. The van der Waals surface area contributed by atoms with Gasteiger partial charge in [-0.25, -0.2) is 8.42 Å². The van der Waals surface area contributed by atoms with Crippen LogP contribution in [0.15, 0.2) is 53.4 Å². The van der Waals surface area contributed by atoms with Crippen LogP contribution in [0.5, 0.6) is 5.75 Å². The average Bonchev–Trinajstić information content (AvgIpc) is 2.74. The van der Waals surface area contributed by atoms with Gasteiger partial charge in [0.05, 0.1) is 31.3 Å². The number of rotatable bonds is 8. The number of nitrogens with one attached hydrogen (secondary N) is 2. The van der Waals surface area contributed by atoms with Crippen LogP contribution >= 0.6 is 0 Å². The summed E-state index contributed by atoms with van der Waals surface area (Å²) in [6.07, 6.45) is 0. The Balaban J connectivity index is 1.60. The standard InChI is InChI=1S/C21H27N3O5S/c1-16(23-30(26,27)20-8-6-19(28-2)7-9-20)21(25)22-18-5-3-4-17(14-18)15-24-10-12-29-13-11-24/h3-9,14,16,23H,10-13,15H2,1-2H3,(H,22,25)/t16-/m0/s1. The molecule has 1 atom stereocenters. The van der Waals surface area contributed by atoms with E-state index in [1.54, 1.807) is 18.2 Å². The van der Waals surface area contributed by atoms with Crippen LogP contribution in [0, 0.1) is 0 Å². The van der Waals surface area contributed by atoms with Gasteiger partial charge in [0.25, 0.3) is 0 Å². The zero-order valence-electron chi connectivity index (χ0n) is 17.1. The largest absolute Gasteiger partial charge is 0.497 e. The number of nitrogens with zero attached hydrogens (tertiary/aromatic N) is 1. The number of carbonyl (C=O) groups is 1. The predicted molar refractivity (Wildman–Crippen MR) is 114 cm³/mol. The van der Waals surface area contributed by atoms with E-state index >= 15 is 0 Å². The Morgan fingerprint density at radius 2 is 1.87 bits per heavy atom. The molecule has 9 heteroatoms. The molecule has 8 nitrogen and oxygen atoms in total. The Kier molecular flexibility index (Phi) is 7.43. The van der Waals surface area contributed by atoms with Gasteiger partial charge >= 0.3 is 0 Å². The predicted octanol–water partition coefficient (Wildman–Crippen LogP) is 1.83. The molecule has 0 aliphatic carbocycles. The van der Waals surface area contributed by atoms with Crippen LogP contribution in [0.4, 0.5) is 5.69 Å². The number of sulfonamides is 1. The maximum Gasteiger partial charge on any atom is 0.242 e. The molecule has 0 saturated carbocycles. The molecule has 2 aromatic rings. The van der Waals surface area contributed by atoms with Crippen molar-refractivity contribution in [1.29, 1.82) is 0 Å². The summed E-state index contributed by atoms with van der Waals surface area (Å²) in [4.78, 5) is 14.9. The molecule has 1 fully saturated rings. The SMILES string of the molecule is COc1ccc(S(=O)(=O)N[C@@H](C)C(=O)Nc2cccc(CN3CCOCC3)c2)cc1. The first kappa shape index (κ1) is 22.2. The van der Waals surface area contributed by atoms with Crippen LogP contribution in [0.2, 0.25) is 0 Å². The van der Waals surface area contributed by atoms with Gasteiger partial charge in [-0.2, -0.15) is 4.72 Å². The van der Waals surface area contributed by atoms with Gasteiger partial charge in [-0.05, 0) is 48.9 Å². The van der Waals surface area contributed by atoms with E-state index in [0.29, 0.717) is 11.4 Å². The number of benzene rings is 2. The smallest absolute Gasteiger partial charge is 0.242 e. The molecular formula is C21H27N3O5S. The topological polar surface area (TPSA) is 97.0 Å². The monoisotopic (exact) mass is 433 g/mol. The molecule has 2 aromatic carbocycles. The van der Waals surface area contributed by atoms with E-state index in [-0.39, 0.29) is 4.90 Å². The van der Waals surface area contributed by atoms with Crippen molar-refractivity contribution in [3.8, 4) is 5.75 Å². The van der Waals surface area contributed by atoms with Gasteiger partial charge in [0, 0.05) is 25.3 Å². The molecule has 0 aromatic heterocycles. The van der Waals surface area contributed by atoms with Gasteiger partial charge in [-0.15, -0.1) is 0 Å². The maximum atomic E-state index is 12.5. The lowest BCUT2D eigenvalue weighted by Gasteiger charge is -2.26. The fourth-order valence-corrected chi connectivity index (χ4v) is 4.33. The number of methoxy groups -OCH3 is 1. The third-order valence-corrected chi connectivity index (χ3v) is 6.36. The first-order chi connectivity index (χ1) is 14.4. The van der Waals surface area contributed by atoms with Gasteiger partial charge in [-0.3, -0.25) is 9.69 Å². The second kappa shape index (κ2) is 10.0. The molecule has 1 heterocycles. The van der Waals surface area contributed by atoms with Crippen molar-refractivity contribution in [1.82, 2.24) is 9.62 Å². The number of amides is 1. The summed E-state index contributed by atoms with van der Waals surface area (Å²) in [5.74, 6) is 0.118. The molecular weight excluding hydrogens is 406 g/mol. The molecule has 0 bridgehead atoms. The number of carbonyl (C=O) groups excluding carboxylic acids is 1. The van der Waals surface area contributed by atoms with Crippen LogP contribution in [0.25, 0.3) is 0 Å². The lowest BCUT2D eigenvalue weighted by molar-refractivity contribution is -0.117. The highest BCUT2D eigenvalue weighted by atomic mass is 32.2. The molecule has 1 saturated heterocycles. The number of morpholine rings is 1. The fraction of sp³-hybridized carbons (Fsp3) is 0.381. The second-order valence-electron chi connectivity index (χ2n) is 7.10. The molecule has 0 spiro atoms. The van der Waals surface area contributed by atoms with Crippen LogP contribution in [-0.4, -0.2) is 58.7 Å². The van der Waals surface area contributed by atoms with E-state index in [9.17, 15) is 13.2 Å². The Bertz CT molecular complexity index is 957. The van der Waals surface area contributed by atoms with E-state index in [4.69, 9.17) is 9.47 Å². The quantitative estimate of drug-likeness (QED) is 0.659. The maximum absolute atomic E-state index is 12.5. The summed E-state index contributed by atoms with van der Waals surface area (Å²) < 4.78 is 37.9. The number of hydrogen-bond acceptors (Lipinski definition) is 6. The van der Waals surface area contributed by atoms with E-state index in [0.717, 1.165) is 38.4 Å². The van der Waals surface area contributed by atoms with Crippen molar-refractivity contribution in [3.63, 3.8) is 0 Å². The summed E-state index contributed by atoms with van der Waals surface area (Å²) >= 11 is 0. The highest BCUT2D eigenvalue weighted by molar-refractivity contribution is 7.89. The van der Waals surface area contributed by atoms with Crippen LogP contribution in [-0.2, 0) is 26.1 Å². The first-order valence-corrected chi connectivity index (χ1v) is 11.2. The fourth-order valence-electron chi connectivity index (χ4n) is 3.12. The van der Waals surface area contributed by atoms with Crippen LogP contribution in [0.1, 0.15) is 12.5 Å². The Hall–Kier alpha value is -2.46. The lowest BCUT2D eigenvalue weighted by atomic mass is 10.1. The van der Waals surface area contributed by atoms with E-state index in [2.05, 4.69) is 14.9 Å². The molecule has 0 unspecified atom stereocenters. The Morgan fingerprint density at radius 3 is 2.53 bits per heavy atom. The van der Waals surface area contributed by atoms with Crippen molar-refractivity contribution in [3.05, 3.63) is 54.1 Å². The Labute approximate surface area is 177 Å². The second-order valence-corrected chi connectivity index (χ2v) is 8.81. The van der Waals surface area contributed by atoms with E-state index in [1.165, 1.54) is 26.2 Å². The van der Waals surface area contributed by atoms with Gasteiger partial charge < -0.3 is 14.8 Å². The third-order valence-electron chi connectivity index (χ3n) is 4.80. The van der Waals surface area contributed by atoms with Crippen LogP contribution < -0.4 is 14.8 Å². The van der Waals surface area contributed by atoms with Crippen molar-refractivity contribution in [2.45, 2.75) is 24.4 Å². The van der Waals surface area contributed by atoms with E-state index < -0.39 is 22.0 Å². The molecule has 1 aliphatic rings. The van der Waals surface area contributed by atoms with Crippen molar-refractivity contribution >= 4 is 21.6 Å². The van der Waals surface area contributed by atoms with Crippen LogP contribution in [0.3, 0.4) is 0 Å². The van der Waals surface area contributed by atoms with E-state index in [1.807, 2.05) is 18.2 Å².